The van der Waals surface area contributed by atoms with Gasteiger partial charge >= 0.3 is 5.97 Å². The van der Waals surface area contributed by atoms with E-state index < -0.39 is 5.41 Å². The number of nitrogens with zero attached hydrogens (tertiary/aromatic N) is 2. The number of carbonyl (C=O) groups is 1. The topological polar surface area (TPSA) is 44.1 Å². The molecule has 2 aromatic rings. The quantitative estimate of drug-likeness (QED) is 0.806. The number of halogens is 1. The largest absolute Gasteiger partial charge is 0.465 e. The normalized spacial score (nSPS) is 15.4. The highest BCUT2D eigenvalue weighted by atomic mass is 35.5. The second-order valence-electron chi connectivity index (χ2n) is 5.99. The first-order chi connectivity index (χ1) is 9.96. The van der Waals surface area contributed by atoms with Gasteiger partial charge in [0.05, 0.1) is 22.7 Å². The number of para-hydroxylation sites is 1. The van der Waals surface area contributed by atoms with Crippen LogP contribution in [-0.4, -0.2) is 22.1 Å². The lowest BCUT2D eigenvalue weighted by Crippen LogP contribution is -2.34. The van der Waals surface area contributed by atoms with Gasteiger partial charge in [0, 0.05) is 6.04 Å². The maximum Gasteiger partial charge on any atom is 0.319 e. The molecular weight excluding hydrogens is 288 g/mol. The van der Waals surface area contributed by atoms with Gasteiger partial charge in [0.2, 0.25) is 0 Å². The number of hydrogen-bond acceptors (Lipinski definition) is 3. The van der Waals surface area contributed by atoms with Crippen molar-refractivity contribution in [2.45, 2.75) is 45.1 Å². The van der Waals surface area contributed by atoms with E-state index in [1.54, 1.807) is 0 Å². The van der Waals surface area contributed by atoms with Crippen molar-refractivity contribution in [3.63, 3.8) is 0 Å². The minimum atomic E-state index is -0.791. The van der Waals surface area contributed by atoms with Crippen LogP contribution in [0.2, 0.25) is 5.02 Å². The van der Waals surface area contributed by atoms with E-state index in [1.807, 2.05) is 39.0 Å². The summed E-state index contributed by atoms with van der Waals surface area (Å²) >= 11 is 6.36. The van der Waals surface area contributed by atoms with Crippen LogP contribution in [-0.2, 0) is 14.9 Å². The van der Waals surface area contributed by atoms with Gasteiger partial charge in [0.25, 0.3) is 0 Å². The number of aromatic nitrogens is 2. The lowest BCUT2D eigenvalue weighted by molar-refractivity contribution is -0.149. The average molecular weight is 307 g/mol. The third kappa shape index (κ3) is 2.31. The van der Waals surface area contributed by atoms with Crippen molar-refractivity contribution in [1.29, 1.82) is 0 Å². The Morgan fingerprint density at radius 3 is 2.81 bits per heavy atom. The van der Waals surface area contributed by atoms with Crippen molar-refractivity contribution in [2.75, 3.05) is 6.61 Å². The molecule has 21 heavy (non-hydrogen) atoms. The van der Waals surface area contributed by atoms with Crippen molar-refractivity contribution >= 4 is 28.6 Å². The molecular formula is C16H19ClN2O2. The summed E-state index contributed by atoms with van der Waals surface area (Å²) in [6.07, 6.45) is 2.20. The minimum Gasteiger partial charge on any atom is -0.465 e. The number of rotatable bonds is 4. The molecule has 1 aromatic carbocycles. The smallest absolute Gasteiger partial charge is 0.319 e. The second-order valence-corrected chi connectivity index (χ2v) is 6.40. The Kier molecular flexibility index (Phi) is 3.44. The average Bonchev–Trinajstić information content (AvgIpc) is 3.19. The SMILES string of the molecule is CCOC(=O)C(C)(C)c1nc2cccc(Cl)c2n1C1CC1. The Morgan fingerprint density at radius 2 is 2.19 bits per heavy atom. The van der Waals surface area contributed by atoms with E-state index in [1.165, 1.54) is 0 Å². The van der Waals surface area contributed by atoms with E-state index >= 15 is 0 Å². The number of hydrogen-bond donors (Lipinski definition) is 0. The highest BCUT2D eigenvalue weighted by Gasteiger charge is 2.40. The van der Waals surface area contributed by atoms with Crippen molar-refractivity contribution in [2.24, 2.45) is 0 Å². The summed E-state index contributed by atoms with van der Waals surface area (Å²) < 4.78 is 7.35. The number of carbonyl (C=O) groups excluding carboxylic acids is 1. The van der Waals surface area contributed by atoms with Crippen molar-refractivity contribution < 1.29 is 9.53 Å². The summed E-state index contributed by atoms with van der Waals surface area (Å²) in [4.78, 5) is 17.0. The lowest BCUT2D eigenvalue weighted by Gasteiger charge is -2.23. The summed E-state index contributed by atoms with van der Waals surface area (Å²) in [5, 5.41) is 0.679. The Balaban J connectivity index is 2.20. The molecule has 0 unspecified atom stereocenters. The number of esters is 1. The standard InChI is InChI=1S/C16H19ClN2O2/c1-4-21-15(20)16(2,3)14-18-12-7-5-6-11(17)13(12)19(14)10-8-9-10/h5-7,10H,4,8-9H2,1-3H3. The van der Waals surface area contributed by atoms with Crippen LogP contribution in [0.5, 0.6) is 0 Å². The van der Waals surface area contributed by atoms with Crippen molar-refractivity contribution in [1.82, 2.24) is 9.55 Å². The third-order valence-electron chi connectivity index (χ3n) is 3.92. The number of benzene rings is 1. The van der Waals surface area contributed by atoms with Crippen LogP contribution in [0.1, 0.15) is 45.5 Å². The molecule has 1 aliphatic rings. The van der Waals surface area contributed by atoms with Crippen LogP contribution in [0.4, 0.5) is 0 Å². The maximum absolute atomic E-state index is 12.3. The molecule has 1 fully saturated rings. The number of ether oxygens (including phenoxy) is 1. The van der Waals surface area contributed by atoms with Crippen LogP contribution in [0, 0.1) is 0 Å². The van der Waals surface area contributed by atoms with Gasteiger partial charge in [-0.1, -0.05) is 17.7 Å². The summed E-state index contributed by atoms with van der Waals surface area (Å²) in [6, 6.07) is 6.07. The van der Waals surface area contributed by atoms with Gasteiger partial charge in [-0.2, -0.15) is 0 Å². The number of fused-ring (bicyclic) bond motifs is 1. The first-order valence-corrected chi connectivity index (χ1v) is 7.68. The van der Waals surface area contributed by atoms with E-state index in [0.29, 0.717) is 17.7 Å². The summed E-state index contributed by atoms with van der Waals surface area (Å²) in [5.74, 6) is 0.491. The molecule has 112 valence electrons. The molecule has 0 aliphatic heterocycles. The van der Waals surface area contributed by atoms with Crippen LogP contribution < -0.4 is 0 Å². The molecule has 1 heterocycles. The fraction of sp³-hybridized carbons (Fsp3) is 0.500. The van der Waals surface area contributed by atoms with E-state index in [9.17, 15) is 4.79 Å². The molecule has 1 saturated carbocycles. The van der Waals surface area contributed by atoms with E-state index in [-0.39, 0.29) is 5.97 Å². The molecule has 0 amide bonds. The van der Waals surface area contributed by atoms with E-state index in [0.717, 1.165) is 29.7 Å². The minimum absolute atomic E-state index is 0.252. The highest BCUT2D eigenvalue weighted by molar-refractivity contribution is 6.35. The Morgan fingerprint density at radius 1 is 1.48 bits per heavy atom. The van der Waals surface area contributed by atoms with Gasteiger partial charge in [-0.25, -0.2) is 4.98 Å². The molecule has 5 heteroatoms. The van der Waals surface area contributed by atoms with Gasteiger partial charge in [0.1, 0.15) is 11.2 Å². The fourth-order valence-corrected chi connectivity index (χ4v) is 2.90. The zero-order valence-electron chi connectivity index (χ0n) is 12.5. The van der Waals surface area contributed by atoms with Crippen LogP contribution in [0.25, 0.3) is 11.0 Å². The first-order valence-electron chi connectivity index (χ1n) is 7.31. The maximum atomic E-state index is 12.3. The molecule has 1 aromatic heterocycles. The molecule has 0 atom stereocenters. The second kappa shape index (κ2) is 5.02. The van der Waals surface area contributed by atoms with Crippen molar-refractivity contribution in [3.05, 3.63) is 29.0 Å². The molecule has 4 nitrogen and oxygen atoms in total. The van der Waals surface area contributed by atoms with Crippen molar-refractivity contribution in [3.8, 4) is 0 Å². The fourth-order valence-electron chi connectivity index (χ4n) is 2.64. The van der Waals surface area contributed by atoms with Crippen LogP contribution in [0.15, 0.2) is 18.2 Å². The zero-order valence-corrected chi connectivity index (χ0v) is 13.3. The molecule has 0 radical (unpaired) electrons. The van der Waals surface area contributed by atoms with Gasteiger partial charge in [0.15, 0.2) is 0 Å². The molecule has 0 N–H and O–H groups in total. The highest BCUT2D eigenvalue weighted by Crippen LogP contribution is 2.43. The molecule has 1 aliphatic carbocycles. The van der Waals surface area contributed by atoms with Gasteiger partial charge < -0.3 is 9.30 Å². The Bertz CT molecular complexity index is 702. The summed E-state index contributed by atoms with van der Waals surface area (Å²) in [5.41, 5.74) is 0.969. The number of imidazole rings is 1. The van der Waals surface area contributed by atoms with Gasteiger partial charge in [-0.15, -0.1) is 0 Å². The molecule has 0 saturated heterocycles. The van der Waals surface area contributed by atoms with Crippen LogP contribution in [0.3, 0.4) is 0 Å². The van der Waals surface area contributed by atoms with E-state index in [4.69, 9.17) is 16.3 Å². The van der Waals surface area contributed by atoms with Gasteiger partial charge in [-0.3, -0.25) is 4.79 Å². The predicted molar refractivity (Wildman–Crippen MR) is 82.7 cm³/mol. The first kappa shape index (κ1) is 14.4. The Hall–Kier alpha value is -1.55. The third-order valence-corrected chi connectivity index (χ3v) is 4.22. The summed E-state index contributed by atoms with van der Waals surface area (Å²) in [7, 11) is 0. The zero-order chi connectivity index (χ0) is 15.2. The predicted octanol–water partition coefficient (Wildman–Crippen LogP) is 3.87. The van der Waals surface area contributed by atoms with E-state index in [2.05, 4.69) is 9.55 Å². The summed E-state index contributed by atoms with van der Waals surface area (Å²) in [6.45, 7) is 5.90. The Labute approximate surface area is 129 Å². The molecule has 3 rings (SSSR count). The monoisotopic (exact) mass is 306 g/mol. The molecule has 0 bridgehead atoms. The van der Waals surface area contributed by atoms with Gasteiger partial charge in [-0.05, 0) is 45.7 Å². The lowest BCUT2D eigenvalue weighted by atomic mass is 9.92. The molecule has 0 spiro atoms. The van der Waals surface area contributed by atoms with Crippen LogP contribution >= 0.6 is 11.6 Å².